The van der Waals surface area contributed by atoms with Gasteiger partial charge in [-0.25, -0.2) is 9.37 Å². The van der Waals surface area contributed by atoms with Crippen LogP contribution in [0.15, 0.2) is 24.4 Å². The lowest BCUT2D eigenvalue weighted by Gasteiger charge is -2.22. The van der Waals surface area contributed by atoms with E-state index in [0.29, 0.717) is 24.0 Å². The molecule has 9 heteroatoms. The minimum Gasteiger partial charge on any atom is -0.396 e. The lowest BCUT2D eigenvalue weighted by molar-refractivity contribution is -0.120. The number of rotatable bonds is 9. The van der Waals surface area contributed by atoms with E-state index in [0.717, 1.165) is 62.7 Å². The number of amides is 1. The van der Waals surface area contributed by atoms with E-state index in [9.17, 15) is 9.18 Å². The number of carbonyl (C=O) groups is 1. The molecule has 1 aromatic carbocycles. The number of nitrogens with zero attached hydrogens (tertiary/aromatic N) is 4. The molecule has 2 fully saturated rings. The van der Waals surface area contributed by atoms with Crippen molar-refractivity contribution in [2.75, 3.05) is 41.4 Å². The van der Waals surface area contributed by atoms with E-state index in [-0.39, 0.29) is 30.9 Å². The van der Waals surface area contributed by atoms with Crippen LogP contribution in [0.1, 0.15) is 49.7 Å². The minimum absolute atomic E-state index is 0.0339. The normalized spacial score (nSPS) is 20.6. The second-order valence-corrected chi connectivity index (χ2v) is 9.38. The van der Waals surface area contributed by atoms with Gasteiger partial charge < -0.3 is 26.0 Å². The molecular weight excluding hydrogens is 423 g/mol. The first-order valence-electron chi connectivity index (χ1n) is 11.8. The molecule has 4 N–H and O–H groups in total. The number of unbranched alkanes of at least 4 members (excludes halogenated alkanes) is 2. The van der Waals surface area contributed by atoms with Crippen molar-refractivity contribution in [1.82, 2.24) is 9.97 Å². The Bertz CT molecular complexity index is 1040. The third kappa shape index (κ3) is 4.15. The topological polar surface area (TPSA) is 108 Å². The summed E-state index contributed by atoms with van der Waals surface area (Å²) in [5.74, 6) is 1.00. The van der Waals surface area contributed by atoms with Crippen molar-refractivity contribution < 1.29 is 14.3 Å². The van der Waals surface area contributed by atoms with E-state index in [1.165, 1.54) is 12.1 Å². The number of aliphatic hydroxyl groups is 1. The van der Waals surface area contributed by atoms with E-state index >= 15 is 0 Å². The van der Waals surface area contributed by atoms with Gasteiger partial charge in [-0.2, -0.15) is 4.98 Å². The Morgan fingerprint density at radius 1 is 1.27 bits per heavy atom. The molecule has 1 saturated heterocycles. The summed E-state index contributed by atoms with van der Waals surface area (Å²) < 4.78 is 14.1. The number of hydrogen-bond donors (Lipinski definition) is 3. The first-order valence-corrected chi connectivity index (χ1v) is 11.8. The fourth-order valence-corrected chi connectivity index (χ4v) is 4.96. The van der Waals surface area contributed by atoms with Gasteiger partial charge in [0.25, 0.3) is 0 Å². The van der Waals surface area contributed by atoms with Gasteiger partial charge in [0.05, 0.1) is 17.6 Å². The molecule has 5 rings (SSSR count). The number of nitrogens with one attached hydrogen (secondary N) is 1. The third-order valence-electron chi connectivity index (χ3n) is 6.99. The third-order valence-corrected chi connectivity index (χ3v) is 6.99. The second kappa shape index (κ2) is 8.87. The van der Waals surface area contributed by atoms with Crippen molar-refractivity contribution >= 4 is 23.4 Å². The van der Waals surface area contributed by atoms with Gasteiger partial charge in [0.15, 0.2) is 0 Å². The monoisotopic (exact) mass is 454 g/mol. The molecule has 176 valence electrons. The van der Waals surface area contributed by atoms with Gasteiger partial charge in [-0.05, 0) is 56.2 Å². The molecule has 0 bridgehead atoms. The van der Waals surface area contributed by atoms with E-state index in [2.05, 4.69) is 15.2 Å². The Morgan fingerprint density at radius 3 is 2.85 bits per heavy atom. The number of aliphatic hydroxyl groups excluding tert-OH is 1. The predicted octanol–water partition coefficient (Wildman–Crippen LogP) is 2.31. The number of fused-ring (bicyclic) bond motifs is 2. The van der Waals surface area contributed by atoms with E-state index in [1.807, 2.05) is 0 Å². The van der Waals surface area contributed by atoms with Crippen LogP contribution in [0.2, 0.25) is 0 Å². The van der Waals surface area contributed by atoms with Gasteiger partial charge in [-0.15, -0.1) is 0 Å². The molecule has 3 aliphatic rings. The van der Waals surface area contributed by atoms with E-state index in [1.54, 1.807) is 17.2 Å². The number of halogens is 1. The highest BCUT2D eigenvalue weighted by molar-refractivity contribution is 6.10. The summed E-state index contributed by atoms with van der Waals surface area (Å²) in [5.41, 5.74) is 7.96. The number of nitrogens with two attached hydrogens (primary N) is 1. The molecule has 1 unspecified atom stereocenters. The van der Waals surface area contributed by atoms with Crippen LogP contribution in [-0.4, -0.2) is 53.3 Å². The fraction of sp³-hybridized carbons (Fsp3) is 0.542. The molecule has 3 heterocycles. The average molecular weight is 455 g/mol. The summed E-state index contributed by atoms with van der Waals surface area (Å²) in [6.07, 6.45) is 6.87. The summed E-state index contributed by atoms with van der Waals surface area (Å²) in [6.45, 7) is 2.71. The van der Waals surface area contributed by atoms with Gasteiger partial charge >= 0.3 is 0 Å². The first-order chi connectivity index (χ1) is 16.0. The van der Waals surface area contributed by atoms with Crippen molar-refractivity contribution in [3.05, 3.63) is 41.3 Å². The van der Waals surface area contributed by atoms with Gasteiger partial charge in [0, 0.05) is 44.0 Å². The zero-order valence-electron chi connectivity index (χ0n) is 18.8. The lowest BCUT2D eigenvalue weighted by Crippen LogP contribution is -2.32. The van der Waals surface area contributed by atoms with Crippen molar-refractivity contribution in [3.63, 3.8) is 0 Å². The molecule has 1 spiro atoms. The Labute approximate surface area is 193 Å². The highest BCUT2D eigenvalue weighted by Gasteiger charge is 2.59. The van der Waals surface area contributed by atoms with Crippen LogP contribution < -0.4 is 20.9 Å². The molecule has 1 atom stereocenters. The molecule has 2 aromatic rings. The molecule has 1 amide bonds. The molecule has 1 saturated carbocycles. The maximum Gasteiger partial charge on any atom is 0.238 e. The Kier molecular flexibility index (Phi) is 5.92. The first kappa shape index (κ1) is 22.0. The molecule has 1 aromatic heterocycles. The number of anilines is 3. The van der Waals surface area contributed by atoms with Crippen molar-refractivity contribution in [1.29, 1.82) is 0 Å². The zero-order chi connectivity index (χ0) is 23.0. The Morgan fingerprint density at radius 2 is 2.12 bits per heavy atom. The molecule has 33 heavy (non-hydrogen) atoms. The largest absolute Gasteiger partial charge is 0.396 e. The van der Waals surface area contributed by atoms with E-state index < -0.39 is 5.41 Å². The van der Waals surface area contributed by atoms with Gasteiger partial charge in [0.1, 0.15) is 11.6 Å². The molecule has 0 radical (unpaired) electrons. The van der Waals surface area contributed by atoms with Crippen LogP contribution in [-0.2, 0) is 16.8 Å². The Balaban J connectivity index is 1.41. The minimum atomic E-state index is -0.479. The highest BCUT2D eigenvalue weighted by atomic mass is 19.1. The predicted molar refractivity (Wildman–Crippen MR) is 125 cm³/mol. The van der Waals surface area contributed by atoms with Gasteiger partial charge in [-0.3, -0.25) is 4.79 Å². The van der Waals surface area contributed by atoms with Gasteiger partial charge in [0.2, 0.25) is 11.9 Å². The number of benzene rings is 1. The van der Waals surface area contributed by atoms with Crippen molar-refractivity contribution in [3.8, 4) is 0 Å². The number of hydrogen-bond acceptors (Lipinski definition) is 7. The zero-order valence-corrected chi connectivity index (χ0v) is 18.8. The molecule has 2 aliphatic heterocycles. The molecule has 1 aliphatic carbocycles. The van der Waals surface area contributed by atoms with Crippen LogP contribution in [0, 0.1) is 5.82 Å². The quantitative estimate of drug-likeness (QED) is 0.499. The summed E-state index contributed by atoms with van der Waals surface area (Å²) in [5, 5.41) is 12.4. The lowest BCUT2D eigenvalue weighted by atomic mass is 9.98. The summed E-state index contributed by atoms with van der Waals surface area (Å²) in [6, 6.07) is 4.77. The summed E-state index contributed by atoms with van der Waals surface area (Å²) in [7, 11) is 0. The number of aromatic nitrogens is 2. The average Bonchev–Trinajstić information content (AvgIpc) is 3.45. The van der Waals surface area contributed by atoms with Crippen LogP contribution in [0.4, 0.5) is 21.8 Å². The van der Waals surface area contributed by atoms with Crippen LogP contribution in [0.25, 0.3) is 0 Å². The second-order valence-electron chi connectivity index (χ2n) is 9.38. The van der Waals surface area contributed by atoms with Crippen molar-refractivity contribution in [2.24, 2.45) is 5.73 Å². The standard InChI is InChI=1S/C24H31FN6O2/c25-17-4-5-19-20(12-17)31(22(33)24(19)7-8-24)14-16-13-28-23(30-10-6-18(26)15-30)29-21(16)27-9-2-1-3-11-32/h4-5,12-13,18,32H,1-3,6-11,14-15,26H2,(H,27,28,29). The van der Waals surface area contributed by atoms with Crippen molar-refractivity contribution in [2.45, 2.75) is 56.5 Å². The van der Waals surface area contributed by atoms with Crippen LogP contribution >= 0.6 is 0 Å². The highest BCUT2D eigenvalue weighted by Crippen LogP contribution is 2.57. The SMILES string of the molecule is NC1CCN(c2ncc(CN3C(=O)C4(CC4)c4ccc(F)cc43)c(NCCCCCO)n2)C1. The maximum atomic E-state index is 14.1. The molecular formula is C24H31FN6O2. The fourth-order valence-electron chi connectivity index (χ4n) is 4.96. The Hall–Kier alpha value is -2.78. The number of carbonyl (C=O) groups excluding carboxylic acids is 1. The van der Waals surface area contributed by atoms with Gasteiger partial charge in [-0.1, -0.05) is 6.07 Å². The smallest absolute Gasteiger partial charge is 0.238 e. The van der Waals surface area contributed by atoms with Crippen LogP contribution in [0.3, 0.4) is 0 Å². The van der Waals surface area contributed by atoms with E-state index in [4.69, 9.17) is 15.8 Å². The maximum absolute atomic E-state index is 14.1. The van der Waals surface area contributed by atoms with Crippen LogP contribution in [0.5, 0.6) is 0 Å². The molecule has 8 nitrogen and oxygen atoms in total. The summed E-state index contributed by atoms with van der Waals surface area (Å²) >= 11 is 0. The summed E-state index contributed by atoms with van der Waals surface area (Å²) in [4.78, 5) is 26.4.